The Morgan fingerprint density at radius 3 is 2.08 bits per heavy atom. The van der Waals surface area contributed by atoms with Crippen LogP contribution in [-0.4, -0.2) is 42.6 Å². The number of hydrogen-bond acceptors (Lipinski definition) is 2. The van der Waals surface area contributed by atoms with Gasteiger partial charge in [0.15, 0.2) is 0 Å². The molecule has 0 radical (unpaired) electrons. The lowest BCUT2D eigenvalue weighted by Gasteiger charge is -2.25. The van der Waals surface area contributed by atoms with Crippen LogP contribution in [0.1, 0.15) is 26.7 Å². The van der Waals surface area contributed by atoms with Gasteiger partial charge in [-0.3, -0.25) is 10.1 Å². The summed E-state index contributed by atoms with van der Waals surface area (Å²) < 4.78 is 0.869. The van der Waals surface area contributed by atoms with Crippen molar-refractivity contribution in [3.63, 3.8) is 0 Å². The lowest BCUT2D eigenvalue weighted by Crippen LogP contribution is -2.37. The van der Waals surface area contributed by atoms with Gasteiger partial charge in [-0.25, -0.2) is 0 Å². The summed E-state index contributed by atoms with van der Waals surface area (Å²) in [6.45, 7) is 4.35. The van der Waals surface area contributed by atoms with Crippen LogP contribution in [0.25, 0.3) is 0 Å². The summed E-state index contributed by atoms with van der Waals surface area (Å²) in [6, 6.07) is 0. The second kappa shape index (κ2) is 4.05. The summed E-state index contributed by atoms with van der Waals surface area (Å²) in [6.07, 6.45) is 1.55. The highest BCUT2D eigenvalue weighted by atomic mass is 16.6. The molecule has 0 aliphatic rings. The fourth-order valence-electron chi connectivity index (χ4n) is 1.08. The zero-order valence-electron chi connectivity index (χ0n) is 9.33. The Hall–Kier alpha value is -0.640. The molecule has 0 amide bonds. The smallest absolute Gasteiger partial charge is 0.217 e. The maximum Gasteiger partial charge on any atom is 0.217 e. The molecule has 0 N–H and O–H groups in total. The molecule has 78 valence electrons. The summed E-state index contributed by atoms with van der Waals surface area (Å²) in [4.78, 5) is 10.4. The number of quaternary nitrogens is 1. The van der Waals surface area contributed by atoms with Crippen molar-refractivity contribution in [1.82, 2.24) is 0 Å². The SMILES string of the molecule is CC(C)(CCC[N+](C)(C)C)[N+](=O)[O-]. The van der Waals surface area contributed by atoms with Crippen LogP contribution in [-0.2, 0) is 0 Å². The molecule has 0 aromatic heterocycles. The first kappa shape index (κ1) is 12.4. The lowest BCUT2D eigenvalue weighted by atomic mass is 9.99. The van der Waals surface area contributed by atoms with Gasteiger partial charge in [0.2, 0.25) is 5.54 Å². The van der Waals surface area contributed by atoms with Crippen molar-refractivity contribution in [2.45, 2.75) is 32.2 Å². The van der Waals surface area contributed by atoms with Crippen molar-refractivity contribution in [3.05, 3.63) is 10.1 Å². The van der Waals surface area contributed by atoms with Crippen molar-refractivity contribution < 1.29 is 9.41 Å². The summed E-state index contributed by atoms with van der Waals surface area (Å²) in [7, 11) is 6.29. The van der Waals surface area contributed by atoms with E-state index >= 15 is 0 Å². The second-order valence-corrected chi connectivity index (χ2v) is 5.19. The average Bonchev–Trinajstić information content (AvgIpc) is 1.82. The molecule has 4 nitrogen and oxygen atoms in total. The Bertz CT molecular complexity index is 183. The molecule has 0 heterocycles. The zero-order valence-corrected chi connectivity index (χ0v) is 9.33. The molecule has 0 saturated carbocycles. The maximum atomic E-state index is 10.6. The van der Waals surface area contributed by atoms with Crippen LogP contribution in [0.15, 0.2) is 0 Å². The molecule has 0 atom stereocenters. The normalized spacial score (nSPS) is 13.0. The fraction of sp³-hybridized carbons (Fsp3) is 1.00. The summed E-state index contributed by atoms with van der Waals surface area (Å²) in [5.74, 6) is 0. The van der Waals surface area contributed by atoms with Gasteiger partial charge >= 0.3 is 0 Å². The Morgan fingerprint density at radius 1 is 1.31 bits per heavy atom. The lowest BCUT2D eigenvalue weighted by molar-refractivity contribution is -0.870. The van der Waals surface area contributed by atoms with Gasteiger partial charge < -0.3 is 4.48 Å². The Balaban J connectivity index is 3.84. The van der Waals surface area contributed by atoms with Gasteiger partial charge in [-0.2, -0.15) is 0 Å². The molecular formula is C9H21N2O2+. The van der Waals surface area contributed by atoms with E-state index in [0.717, 1.165) is 17.4 Å². The molecule has 0 rings (SSSR count). The first-order chi connectivity index (χ1) is 5.65. The monoisotopic (exact) mass is 189 g/mol. The molecule has 0 aromatic carbocycles. The van der Waals surface area contributed by atoms with Crippen molar-refractivity contribution in [3.8, 4) is 0 Å². The van der Waals surface area contributed by atoms with Gasteiger partial charge in [0, 0.05) is 31.6 Å². The van der Waals surface area contributed by atoms with Crippen molar-refractivity contribution in [2.75, 3.05) is 27.7 Å². The van der Waals surface area contributed by atoms with E-state index < -0.39 is 5.54 Å². The Kier molecular flexibility index (Phi) is 3.85. The van der Waals surface area contributed by atoms with Gasteiger partial charge in [-0.05, 0) is 0 Å². The molecule has 0 aliphatic carbocycles. The molecule has 0 saturated heterocycles. The van der Waals surface area contributed by atoms with Crippen molar-refractivity contribution in [2.24, 2.45) is 0 Å². The second-order valence-electron chi connectivity index (χ2n) is 5.19. The van der Waals surface area contributed by atoms with Crippen LogP contribution in [0.5, 0.6) is 0 Å². The van der Waals surface area contributed by atoms with Crippen molar-refractivity contribution >= 4 is 0 Å². The van der Waals surface area contributed by atoms with Crippen LogP contribution >= 0.6 is 0 Å². The van der Waals surface area contributed by atoms with E-state index in [4.69, 9.17) is 0 Å². The number of hydrogen-bond donors (Lipinski definition) is 0. The molecule has 0 aliphatic heterocycles. The quantitative estimate of drug-likeness (QED) is 0.374. The van der Waals surface area contributed by atoms with Gasteiger partial charge in [-0.15, -0.1) is 0 Å². The van der Waals surface area contributed by atoms with E-state index in [2.05, 4.69) is 21.1 Å². The predicted octanol–water partition coefficient (Wildman–Crippen LogP) is 1.53. The van der Waals surface area contributed by atoms with Gasteiger partial charge in [-0.1, -0.05) is 0 Å². The summed E-state index contributed by atoms with van der Waals surface area (Å²) >= 11 is 0. The van der Waals surface area contributed by atoms with E-state index in [1.54, 1.807) is 13.8 Å². The number of nitrogens with zero attached hydrogens (tertiary/aromatic N) is 2. The molecule has 4 heteroatoms. The van der Waals surface area contributed by atoms with Crippen LogP contribution in [0.2, 0.25) is 0 Å². The third-order valence-corrected chi connectivity index (χ3v) is 2.11. The minimum atomic E-state index is -0.769. The van der Waals surface area contributed by atoms with Crippen LogP contribution in [0.4, 0.5) is 0 Å². The minimum absolute atomic E-state index is 0.192. The highest BCUT2D eigenvalue weighted by Crippen LogP contribution is 2.15. The molecule has 0 bridgehead atoms. The first-order valence-electron chi connectivity index (χ1n) is 4.60. The number of rotatable bonds is 5. The van der Waals surface area contributed by atoms with Crippen LogP contribution in [0.3, 0.4) is 0 Å². The Labute approximate surface area is 80.3 Å². The third-order valence-electron chi connectivity index (χ3n) is 2.11. The highest BCUT2D eigenvalue weighted by molar-refractivity contribution is 4.65. The minimum Gasteiger partial charge on any atom is -0.331 e. The summed E-state index contributed by atoms with van der Waals surface area (Å²) in [5.41, 5.74) is -0.769. The fourth-order valence-corrected chi connectivity index (χ4v) is 1.08. The van der Waals surface area contributed by atoms with E-state index in [-0.39, 0.29) is 4.92 Å². The van der Waals surface area contributed by atoms with Crippen LogP contribution in [0, 0.1) is 10.1 Å². The van der Waals surface area contributed by atoms with Gasteiger partial charge in [0.1, 0.15) is 0 Å². The van der Waals surface area contributed by atoms with Crippen LogP contribution < -0.4 is 0 Å². The summed E-state index contributed by atoms with van der Waals surface area (Å²) in [5, 5.41) is 10.6. The Morgan fingerprint density at radius 2 is 1.77 bits per heavy atom. The van der Waals surface area contributed by atoms with E-state index in [0.29, 0.717) is 6.42 Å². The average molecular weight is 189 g/mol. The number of nitro groups is 1. The molecule has 0 fully saturated rings. The van der Waals surface area contributed by atoms with Crippen molar-refractivity contribution in [1.29, 1.82) is 0 Å². The van der Waals surface area contributed by atoms with Gasteiger partial charge in [0.05, 0.1) is 27.7 Å². The molecule has 0 spiro atoms. The van der Waals surface area contributed by atoms with E-state index in [1.165, 1.54) is 0 Å². The molecule has 0 aromatic rings. The van der Waals surface area contributed by atoms with E-state index in [1.807, 2.05) is 0 Å². The highest BCUT2D eigenvalue weighted by Gasteiger charge is 2.30. The predicted molar refractivity (Wildman–Crippen MR) is 53.2 cm³/mol. The standard InChI is InChI=1S/C9H21N2O2/c1-9(2,10(12)13)7-6-8-11(3,4)5/h6-8H2,1-5H3/q+1. The first-order valence-corrected chi connectivity index (χ1v) is 4.60. The topological polar surface area (TPSA) is 43.1 Å². The third kappa shape index (κ3) is 5.58. The zero-order chi connectivity index (χ0) is 10.7. The molecule has 13 heavy (non-hydrogen) atoms. The molecule has 0 unspecified atom stereocenters. The van der Waals surface area contributed by atoms with Gasteiger partial charge in [0.25, 0.3) is 0 Å². The largest absolute Gasteiger partial charge is 0.331 e. The maximum absolute atomic E-state index is 10.6. The van der Waals surface area contributed by atoms with E-state index in [9.17, 15) is 10.1 Å². The molecular weight excluding hydrogens is 168 g/mol.